The number of hydrogen-bond acceptors (Lipinski definition) is 5. The average molecular weight is 508 g/mol. The third-order valence-corrected chi connectivity index (χ3v) is 6.93. The van der Waals surface area contributed by atoms with Gasteiger partial charge in [0, 0.05) is 43.5 Å². The number of rotatable bonds is 5. The summed E-state index contributed by atoms with van der Waals surface area (Å²) in [5.41, 5.74) is 4.10. The minimum absolute atomic E-state index is 0.163. The molecule has 0 atom stereocenters. The van der Waals surface area contributed by atoms with E-state index >= 15 is 0 Å². The van der Waals surface area contributed by atoms with Crippen molar-refractivity contribution in [3.8, 4) is 22.6 Å². The van der Waals surface area contributed by atoms with Crippen LogP contribution in [0.1, 0.15) is 10.4 Å². The van der Waals surface area contributed by atoms with Crippen LogP contribution in [0.5, 0.6) is 5.75 Å². The Morgan fingerprint density at radius 3 is 2.42 bits per heavy atom. The molecular weight excluding hydrogens is 481 g/mol. The lowest BCUT2D eigenvalue weighted by Crippen LogP contribution is -2.49. The molecule has 8 heteroatoms. The minimum Gasteiger partial charge on any atom is -0.495 e. The molecule has 38 heavy (non-hydrogen) atoms. The van der Waals surface area contributed by atoms with Gasteiger partial charge in [0.05, 0.1) is 18.2 Å². The zero-order valence-corrected chi connectivity index (χ0v) is 20.9. The summed E-state index contributed by atoms with van der Waals surface area (Å²) in [7, 11) is 1.66. The van der Waals surface area contributed by atoms with Crippen LogP contribution < -0.4 is 9.64 Å². The highest BCUT2D eigenvalue weighted by molar-refractivity contribution is 6.02. The van der Waals surface area contributed by atoms with E-state index in [0.29, 0.717) is 31.7 Å². The number of carbonyl (C=O) groups excluding carboxylic acids is 1. The van der Waals surface area contributed by atoms with Gasteiger partial charge in [0.2, 0.25) is 0 Å². The zero-order chi connectivity index (χ0) is 26.1. The predicted octanol–water partition coefficient (Wildman–Crippen LogP) is 5.20. The Morgan fingerprint density at radius 2 is 1.66 bits per heavy atom. The van der Waals surface area contributed by atoms with Crippen molar-refractivity contribution in [2.24, 2.45) is 0 Å². The molecule has 0 radical (unpaired) electrons. The first-order valence-electron chi connectivity index (χ1n) is 12.5. The molecule has 0 aliphatic carbocycles. The quantitative estimate of drug-likeness (QED) is 0.327. The lowest BCUT2D eigenvalue weighted by Gasteiger charge is -2.35. The second kappa shape index (κ2) is 9.97. The number of anilines is 1. The van der Waals surface area contributed by atoms with Gasteiger partial charge in [0.15, 0.2) is 5.65 Å². The molecule has 5 aromatic rings. The van der Waals surface area contributed by atoms with E-state index in [2.05, 4.69) is 23.2 Å². The molecule has 190 valence electrons. The third-order valence-electron chi connectivity index (χ3n) is 6.93. The Kier molecular flexibility index (Phi) is 6.21. The van der Waals surface area contributed by atoms with Crippen molar-refractivity contribution in [1.82, 2.24) is 19.4 Å². The molecule has 0 spiro atoms. The first-order valence-corrected chi connectivity index (χ1v) is 12.5. The van der Waals surface area contributed by atoms with Crippen molar-refractivity contribution in [3.05, 3.63) is 103 Å². The maximum atomic E-state index is 13.7. The van der Waals surface area contributed by atoms with E-state index in [1.807, 2.05) is 47.0 Å². The van der Waals surface area contributed by atoms with Gasteiger partial charge in [-0.1, -0.05) is 48.5 Å². The van der Waals surface area contributed by atoms with Gasteiger partial charge in [0.1, 0.15) is 23.7 Å². The Hall–Kier alpha value is -4.72. The number of nitrogens with zero attached hydrogens (tertiary/aromatic N) is 5. The first-order chi connectivity index (χ1) is 18.6. The molecule has 7 nitrogen and oxygen atoms in total. The number of methoxy groups -OCH3 is 1. The highest BCUT2D eigenvalue weighted by Gasteiger charge is 2.27. The van der Waals surface area contributed by atoms with Crippen LogP contribution in [0.2, 0.25) is 0 Å². The number of piperazine rings is 1. The summed E-state index contributed by atoms with van der Waals surface area (Å²) >= 11 is 0. The summed E-state index contributed by atoms with van der Waals surface area (Å²) in [6, 6.07) is 23.9. The second-order valence-electron chi connectivity index (χ2n) is 9.14. The predicted molar refractivity (Wildman–Crippen MR) is 145 cm³/mol. The van der Waals surface area contributed by atoms with Crippen molar-refractivity contribution in [2.75, 3.05) is 38.2 Å². The zero-order valence-electron chi connectivity index (χ0n) is 20.9. The number of fused-ring (bicyclic) bond motifs is 1. The fraction of sp³-hybridized carbons (Fsp3) is 0.167. The molecule has 1 saturated heterocycles. The van der Waals surface area contributed by atoms with Gasteiger partial charge in [-0.3, -0.25) is 9.36 Å². The van der Waals surface area contributed by atoms with E-state index in [1.54, 1.807) is 30.5 Å². The first kappa shape index (κ1) is 23.7. The number of hydrogen-bond donors (Lipinski definition) is 0. The summed E-state index contributed by atoms with van der Waals surface area (Å²) in [5.74, 6) is 0.990. The van der Waals surface area contributed by atoms with Gasteiger partial charge in [-0.05, 0) is 35.9 Å². The molecule has 6 rings (SSSR count). The number of halogens is 1. The molecule has 0 unspecified atom stereocenters. The van der Waals surface area contributed by atoms with Crippen molar-refractivity contribution >= 4 is 22.8 Å². The average Bonchev–Trinajstić information content (AvgIpc) is 3.37. The Morgan fingerprint density at radius 1 is 0.895 bits per heavy atom. The SMILES string of the molecule is COc1ccccc1-n1cc(-c2ccccc2)c2c(N3CCN(C(=O)c4cccc(F)c4)CC3)ncnc21. The fourth-order valence-electron chi connectivity index (χ4n) is 5.06. The van der Waals surface area contributed by atoms with Crippen LogP contribution in [0.15, 0.2) is 91.4 Å². The third kappa shape index (κ3) is 4.24. The van der Waals surface area contributed by atoms with Crippen LogP contribution in [0.3, 0.4) is 0 Å². The summed E-state index contributed by atoms with van der Waals surface area (Å²) in [4.78, 5) is 26.3. The van der Waals surface area contributed by atoms with Crippen molar-refractivity contribution in [2.45, 2.75) is 0 Å². The Balaban J connectivity index is 1.39. The molecule has 1 aliphatic rings. The van der Waals surface area contributed by atoms with E-state index in [-0.39, 0.29) is 5.91 Å². The maximum absolute atomic E-state index is 13.7. The lowest BCUT2D eigenvalue weighted by atomic mass is 10.1. The van der Waals surface area contributed by atoms with Crippen LogP contribution >= 0.6 is 0 Å². The molecule has 1 amide bonds. The van der Waals surface area contributed by atoms with E-state index < -0.39 is 5.82 Å². The number of aromatic nitrogens is 3. The van der Waals surface area contributed by atoms with E-state index in [4.69, 9.17) is 14.7 Å². The number of amides is 1. The summed E-state index contributed by atoms with van der Waals surface area (Å²) in [6.45, 7) is 2.21. The number of benzene rings is 3. The second-order valence-corrected chi connectivity index (χ2v) is 9.14. The Bertz CT molecular complexity index is 1610. The van der Waals surface area contributed by atoms with Gasteiger partial charge >= 0.3 is 0 Å². The highest BCUT2D eigenvalue weighted by atomic mass is 19.1. The van der Waals surface area contributed by atoms with Gasteiger partial charge in [-0.2, -0.15) is 0 Å². The van der Waals surface area contributed by atoms with Gasteiger partial charge < -0.3 is 14.5 Å². The molecule has 3 heterocycles. The molecular formula is C30H26FN5O2. The van der Waals surface area contributed by atoms with E-state index in [9.17, 15) is 9.18 Å². The molecule has 0 bridgehead atoms. The van der Waals surface area contributed by atoms with Crippen molar-refractivity contribution in [1.29, 1.82) is 0 Å². The standard InChI is InChI=1S/C30H26FN5O2/c1-38-26-13-6-5-12-25(26)36-19-24(21-8-3-2-4-9-21)27-28(32-20-33-29(27)36)34-14-16-35(17-15-34)30(37)22-10-7-11-23(31)18-22/h2-13,18-20H,14-17H2,1H3. The summed E-state index contributed by atoms with van der Waals surface area (Å²) in [5, 5.41) is 0.939. The van der Waals surface area contributed by atoms with E-state index in [0.717, 1.165) is 39.4 Å². The minimum atomic E-state index is -0.411. The molecule has 0 saturated carbocycles. The van der Waals surface area contributed by atoms with E-state index in [1.165, 1.54) is 12.1 Å². The highest BCUT2D eigenvalue weighted by Crippen LogP contribution is 2.38. The summed E-state index contributed by atoms with van der Waals surface area (Å²) in [6.07, 6.45) is 3.67. The van der Waals surface area contributed by atoms with Crippen LogP contribution in [-0.4, -0.2) is 58.6 Å². The number of ether oxygens (including phenoxy) is 1. The topological polar surface area (TPSA) is 63.5 Å². The Labute approximate surface area is 219 Å². The van der Waals surface area contributed by atoms with Gasteiger partial charge in [-0.25, -0.2) is 14.4 Å². The molecule has 1 aliphatic heterocycles. The lowest BCUT2D eigenvalue weighted by molar-refractivity contribution is 0.0746. The number of carbonyl (C=O) groups is 1. The largest absolute Gasteiger partial charge is 0.495 e. The number of para-hydroxylation sites is 2. The van der Waals surface area contributed by atoms with Gasteiger partial charge in [0.25, 0.3) is 5.91 Å². The van der Waals surface area contributed by atoms with Crippen LogP contribution in [-0.2, 0) is 0 Å². The fourth-order valence-corrected chi connectivity index (χ4v) is 5.06. The monoisotopic (exact) mass is 507 g/mol. The van der Waals surface area contributed by atoms with Crippen molar-refractivity contribution in [3.63, 3.8) is 0 Å². The van der Waals surface area contributed by atoms with Gasteiger partial charge in [-0.15, -0.1) is 0 Å². The maximum Gasteiger partial charge on any atom is 0.254 e. The van der Waals surface area contributed by atoms with Crippen molar-refractivity contribution < 1.29 is 13.9 Å². The molecule has 0 N–H and O–H groups in total. The van der Waals surface area contributed by atoms with Crippen LogP contribution in [0, 0.1) is 5.82 Å². The molecule has 3 aromatic carbocycles. The summed E-state index contributed by atoms with van der Waals surface area (Å²) < 4.78 is 21.4. The van der Waals surface area contributed by atoms with Crippen LogP contribution in [0.4, 0.5) is 10.2 Å². The van der Waals surface area contributed by atoms with Crippen LogP contribution in [0.25, 0.3) is 27.8 Å². The molecule has 2 aromatic heterocycles. The molecule has 1 fully saturated rings. The smallest absolute Gasteiger partial charge is 0.254 e. The normalized spacial score (nSPS) is 13.6.